The third kappa shape index (κ3) is 4.45. The highest BCUT2D eigenvalue weighted by atomic mass is 16.5. The number of ether oxygens (including phenoxy) is 1. The Hall–Kier alpha value is -0.860. The molecular formula is C13H20O2. The van der Waals surface area contributed by atoms with Crippen LogP contribution in [0.3, 0.4) is 0 Å². The van der Waals surface area contributed by atoms with E-state index >= 15 is 0 Å². The lowest BCUT2D eigenvalue weighted by Gasteiger charge is -2.14. The number of hydrogen-bond acceptors (Lipinski definition) is 2. The highest BCUT2D eigenvalue weighted by Crippen LogP contribution is 2.18. The number of aliphatic hydroxyl groups excluding tert-OH is 1. The summed E-state index contributed by atoms with van der Waals surface area (Å²) < 4.78 is 5.43. The van der Waals surface area contributed by atoms with Gasteiger partial charge in [0, 0.05) is 19.1 Å². The highest BCUT2D eigenvalue weighted by Gasteiger charge is 2.09. The SMILES string of the molecule is CCCOCCC(CO)c1ccccc1. The number of aliphatic hydroxyl groups is 1. The third-order valence-corrected chi connectivity index (χ3v) is 2.45. The Balaban J connectivity index is 2.36. The summed E-state index contributed by atoms with van der Waals surface area (Å²) in [7, 11) is 0. The van der Waals surface area contributed by atoms with Crippen LogP contribution in [0.25, 0.3) is 0 Å². The van der Waals surface area contributed by atoms with Gasteiger partial charge in [0.1, 0.15) is 0 Å². The molecule has 1 unspecified atom stereocenters. The Kier molecular flexibility index (Phi) is 6.05. The lowest BCUT2D eigenvalue weighted by molar-refractivity contribution is 0.119. The van der Waals surface area contributed by atoms with Crippen LogP contribution in [0.2, 0.25) is 0 Å². The molecule has 1 N–H and O–H groups in total. The van der Waals surface area contributed by atoms with E-state index in [1.165, 1.54) is 5.56 Å². The summed E-state index contributed by atoms with van der Waals surface area (Å²) in [4.78, 5) is 0. The van der Waals surface area contributed by atoms with Gasteiger partial charge in [0.05, 0.1) is 6.61 Å². The monoisotopic (exact) mass is 208 g/mol. The number of rotatable bonds is 7. The van der Waals surface area contributed by atoms with Crippen molar-refractivity contribution in [3.63, 3.8) is 0 Å². The average molecular weight is 208 g/mol. The molecule has 2 nitrogen and oxygen atoms in total. The van der Waals surface area contributed by atoms with Gasteiger partial charge in [-0.3, -0.25) is 0 Å². The molecule has 2 heteroatoms. The molecule has 0 radical (unpaired) electrons. The molecule has 0 fully saturated rings. The second-order valence-corrected chi connectivity index (χ2v) is 3.69. The highest BCUT2D eigenvalue weighted by molar-refractivity contribution is 5.19. The van der Waals surface area contributed by atoms with E-state index in [2.05, 4.69) is 19.1 Å². The van der Waals surface area contributed by atoms with Gasteiger partial charge in [-0.25, -0.2) is 0 Å². The first kappa shape index (κ1) is 12.2. The lowest BCUT2D eigenvalue weighted by atomic mass is 9.97. The van der Waals surface area contributed by atoms with Crippen molar-refractivity contribution < 1.29 is 9.84 Å². The topological polar surface area (TPSA) is 29.5 Å². The smallest absolute Gasteiger partial charge is 0.0500 e. The van der Waals surface area contributed by atoms with Crippen molar-refractivity contribution in [3.05, 3.63) is 35.9 Å². The fraction of sp³-hybridized carbons (Fsp3) is 0.538. The molecule has 0 aliphatic carbocycles. The molecule has 0 heterocycles. The van der Waals surface area contributed by atoms with E-state index in [0.29, 0.717) is 0 Å². The van der Waals surface area contributed by atoms with Crippen LogP contribution in [0.1, 0.15) is 31.2 Å². The van der Waals surface area contributed by atoms with E-state index in [-0.39, 0.29) is 12.5 Å². The van der Waals surface area contributed by atoms with Crippen LogP contribution in [0.5, 0.6) is 0 Å². The molecule has 0 bridgehead atoms. The van der Waals surface area contributed by atoms with Crippen molar-refractivity contribution in [1.29, 1.82) is 0 Å². The predicted octanol–water partition coefficient (Wildman–Crippen LogP) is 2.58. The van der Waals surface area contributed by atoms with Gasteiger partial charge in [0.25, 0.3) is 0 Å². The summed E-state index contributed by atoms with van der Waals surface area (Å²) in [6, 6.07) is 10.1. The quantitative estimate of drug-likeness (QED) is 0.698. The van der Waals surface area contributed by atoms with Gasteiger partial charge in [-0.15, -0.1) is 0 Å². The molecule has 15 heavy (non-hydrogen) atoms. The molecule has 0 spiro atoms. The van der Waals surface area contributed by atoms with Crippen molar-refractivity contribution >= 4 is 0 Å². The van der Waals surface area contributed by atoms with E-state index in [1.807, 2.05) is 18.2 Å². The Morgan fingerprint density at radius 3 is 2.53 bits per heavy atom. The van der Waals surface area contributed by atoms with Gasteiger partial charge in [-0.2, -0.15) is 0 Å². The maximum Gasteiger partial charge on any atom is 0.0500 e. The summed E-state index contributed by atoms with van der Waals surface area (Å²) in [6.45, 7) is 3.83. The Morgan fingerprint density at radius 1 is 1.20 bits per heavy atom. The predicted molar refractivity (Wildman–Crippen MR) is 62.0 cm³/mol. The zero-order valence-electron chi connectivity index (χ0n) is 9.36. The number of hydrogen-bond donors (Lipinski definition) is 1. The second-order valence-electron chi connectivity index (χ2n) is 3.69. The minimum Gasteiger partial charge on any atom is -0.396 e. The van der Waals surface area contributed by atoms with E-state index < -0.39 is 0 Å². The standard InChI is InChI=1S/C13H20O2/c1-2-9-15-10-8-13(11-14)12-6-4-3-5-7-12/h3-7,13-14H,2,8-11H2,1H3. The van der Waals surface area contributed by atoms with Gasteiger partial charge in [-0.05, 0) is 18.4 Å². The summed E-state index contributed by atoms with van der Waals surface area (Å²) >= 11 is 0. The normalized spacial score (nSPS) is 12.7. The van der Waals surface area contributed by atoms with E-state index in [1.54, 1.807) is 0 Å². The Labute approximate surface area is 91.9 Å². The Morgan fingerprint density at radius 2 is 1.93 bits per heavy atom. The maximum atomic E-state index is 9.28. The fourth-order valence-corrected chi connectivity index (χ4v) is 1.56. The zero-order chi connectivity index (χ0) is 10.9. The van der Waals surface area contributed by atoms with Gasteiger partial charge >= 0.3 is 0 Å². The van der Waals surface area contributed by atoms with E-state index in [9.17, 15) is 5.11 Å². The first-order valence-corrected chi connectivity index (χ1v) is 5.62. The van der Waals surface area contributed by atoms with Crippen molar-refractivity contribution in [1.82, 2.24) is 0 Å². The van der Waals surface area contributed by atoms with Crippen molar-refractivity contribution in [2.75, 3.05) is 19.8 Å². The van der Waals surface area contributed by atoms with Crippen LogP contribution in [0.15, 0.2) is 30.3 Å². The van der Waals surface area contributed by atoms with Crippen LogP contribution in [-0.4, -0.2) is 24.9 Å². The van der Waals surface area contributed by atoms with Crippen LogP contribution in [0, 0.1) is 0 Å². The molecule has 0 saturated carbocycles. The van der Waals surface area contributed by atoms with Gasteiger partial charge in [0.15, 0.2) is 0 Å². The first-order valence-electron chi connectivity index (χ1n) is 5.62. The lowest BCUT2D eigenvalue weighted by Crippen LogP contribution is -2.08. The molecule has 0 amide bonds. The Bertz CT molecular complexity index is 246. The molecule has 0 aliphatic rings. The average Bonchev–Trinajstić information content (AvgIpc) is 2.30. The number of benzene rings is 1. The molecule has 1 aromatic rings. The largest absolute Gasteiger partial charge is 0.396 e. The van der Waals surface area contributed by atoms with Crippen molar-refractivity contribution in [2.24, 2.45) is 0 Å². The molecule has 0 aliphatic heterocycles. The maximum absolute atomic E-state index is 9.28. The van der Waals surface area contributed by atoms with Gasteiger partial charge in [-0.1, -0.05) is 37.3 Å². The van der Waals surface area contributed by atoms with Crippen LogP contribution in [-0.2, 0) is 4.74 Å². The van der Waals surface area contributed by atoms with Gasteiger partial charge in [0.2, 0.25) is 0 Å². The van der Waals surface area contributed by atoms with Crippen LogP contribution < -0.4 is 0 Å². The summed E-state index contributed by atoms with van der Waals surface area (Å²) in [6.07, 6.45) is 1.94. The second kappa shape index (κ2) is 7.43. The van der Waals surface area contributed by atoms with Crippen LogP contribution >= 0.6 is 0 Å². The van der Waals surface area contributed by atoms with Gasteiger partial charge < -0.3 is 9.84 Å². The summed E-state index contributed by atoms with van der Waals surface area (Å²) in [5.41, 5.74) is 1.19. The molecule has 0 aromatic heterocycles. The molecule has 84 valence electrons. The minimum absolute atomic E-state index is 0.194. The van der Waals surface area contributed by atoms with E-state index in [0.717, 1.165) is 26.1 Å². The molecular weight excluding hydrogens is 188 g/mol. The van der Waals surface area contributed by atoms with Crippen LogP contribution in [0.4, 0.5) is 0 Å². The van der Waals surface area contributed by atoms with Crippen molar-refractivity contribution in [3.8, 4) is 0 Å². The zero-order valence-corrected chi connectivity index (χ0v) is 9.36. The molecule has 1 atom stereocenters. The molecule has 1 aromatic carbocycles. The van der Waals surface area contributed by atoms with Crippen molar-refractivity contribution in [2.45, 2.75) is 25.7 Å². The molecule has 1 rings (SSSR count). The summed E-state index contributed by atoms with van der Waals surface area (Å²) in [5.74, 6) is 0.211. The summed E-state index contributed by atoms with van der Waals surface area (Å²) in [5, 5.41) is 9.28. The minimum atomic E-state index is 0.194. The van der Waals surface area contributed by atoms with E-state index in [4.69, 9.17) is 4.74 Å². The first-order chi connectivity index (χ1) is 7.38. The molecule has 0 saturated heterocycles. The third-order valence-electron chi connectivity index (χ3n) is 2.45. The fourth-order valence-electron chi connectivity index (χ4n) is 1.56.